The fourth-order valence-electron chi connectivity index (χ4n) is 5.11. The van der Waals surface area contributed by atoms with Gasteiger partial charge < -0.3 is 23.6 Å². The minimum Gasteiger partial charge on any atom is -0.463 e. The van der Waals surface area contributed by atoms with Gasteiger partial charge in [-0.2, -0.15) is 0 Å². The Labute approximate surface area is 251 Å². The number of amides is 1. The predicted octanol–water partition coefficient (Wildman–Crippen LogP) is 6.70. The topological polar surface area (TPSA) is 134 Å². The smallest absolute Gasteiger partial charge is 0.341 e. The van der Waals surface area contributed by atoms with Gasteiger partial charge in [-0.3, -0.25) is 4.79 Å². The summed E-state index contributed by atoms with van der Waals surface area (Å²) in [5.41, 5.74) is 3.46. The van der Waals surface area contributed by atoms with Crippen LogP contribution < -0.4 is 5.32 Å². The van der Waals surface area contributed by atoms with Crippen LogP contribution in [0.4, 0.5) is 5.00 Å². The summed E-state index contributed by atoms with van der Waals surface area (Å²) in [5, 5.41) is 3.23. The lowest BCUT2D eigenvalue weighted by molar-refractivity contribution is -0.123. The summed E-state index contributed by atoms with van der Waals surface area (Å²) >= 11 is 1.38. The summed E-state index contributed by atoms with van der Waals surface area (Å²) in [6, 6.07) is 11.8. The Morgan fingerprint density at radius 3 is 2.37 bits per heavy atom. The number of hydrogen-bond donors (Lipinski definition) is 1. The van der Waals surface area contributed by atoms with Crippen molar-refractivity contribution in [2.24, 2.45) is 5.92 Å². The number of thiophene rings is 1. The fraction of sp³-hybridized carbons (Fsp3) is 0.281. The third-order valence-electron chi connectivity index (χ3n) is 7.29. The predicted molar refractivity (Wildman–Crippen MR) is 160 cm³/mol. The molecule has 4 heterocycles. The number of carbonyl (C=O) groups excluding carboxylic acids is 3. The molecule has 220 valence electrons. The average Bonchev–Trinajstić information content (AvgIpc) is 3.78. The molecule has 0 aliphatic heterocycles. The van der Waals surface area contributed by atoms with Gasteiger partial charge in [0.15, 0.2) is 17.6 Å². The first-order valence-corrected chi connectivity index (χ1v) is 14.9. The second-order valence-electron chi connectivity index (χ2n) is 10.4. The van der Waals surface area contributed by atoms with E-state index in [1.54, 1.807) is 55.7 Å². The Kier molecular flexibility index (Phi) is 7.81. The van der Waals surface area contributed by atoms with Gasteiger partial charge in [0.1, 0.15) is 16.4 Å². The number of fused-ring (bicyclic) bond motifs is 2. The van der Waals surface area contributed by atoms with Crippen LogP contribution in [0.5, 0.6) is 0 Å². The Morgan fingerprint density at radius 2 is 1.72 bits per heavy atom. The third-order valence-corrected chi connectivity index (χ3v) is 8.46. The molecule has 0 bridgehead atoms. The van der Waals surface area contributed by atoms with Crippen LogP contribution in [-0.4, -0.2) is 40.5 Å². The second-order valence-corrected chi connectivity index (χ2v) is 11.5. The van der Waals surface area contributed by atoms with Crippen LogP contribution in [0.25, 0.3) is 33.9 Å². The largest absolute Gasteiger partial charge is 0.463 e. The molecule has 0 fully saturated rings. The van der Waals surface area contributed by atoms with Crippen molar-refractivity contribution in [1.29, 1.82) is 0 Å². The zero-order valence-electron chi connectivity index (χ0n) is 23.8. The van der Waals surface area contributed by atoms with Crippen LogP contribution in [0.15, 0.2) is 63.8 Å². The highest BCUT2D eigenvalue weighted by molar-refractivity contribution is 7.17. The molecule has 6 rings (SSSR count). The van der Waals surface area contributed by atoms with Crippen LogP contribution in [0, 0.1) is 5.92 Å². The number of rotatable bonds is 8. The van der Waals surface area contributed by atoms with E-state index in [-0.39, 0.29) is 12.2 Å². The second kappa shape index (κ2) is 11.8. The maximum atomic E-state index is 13.2. The fourth-order valence-corrected chi connectivity index (χ4v) is 6.51. The van der Waals surface area contributed by atoms with Crippen molar-refractivity contribution in [2.45, 2.75) is 46.1 Å². The molecular weight excluding hydrogens is 570 g/mol. The maximum absolute atomic E-state index is 13.2. The molecule has 0 spiro atoms. The van der Waals surface area contributed by atoms with Crippen molar-refractivity contribution in [3.8, 4) is 22.9 Å². The lowest BCUT2D eigenvalue weighted by atomic mass is 9.88. The molecule has 1 amide bonds. The molecule has 2 unspecified atom stereocenters. The minimum absolute atomic E-state index is 0.199. The number of nitrogens with zero attached hydrogens (tertiary/aromatic N) is 2. The van der Waals surface area contributed by atoms with Gasteiger partial charge in [0.2, 0.25) is 0 Å². The monoisotopic (exact) mass is 599 g/mol. The van der Waals surface area contributed by atoms with Gasteiger partial charge in [-0.25, -0.2) is 19.6 Å². The summed E-state index contributed by atoms with van der Waals surface area (Å²) in [5.74, 6) is -0.207. The number of furan rings is 2. The average molecular weight is 600 g/mol. The zero-order valence-corrected chi connectivity index (χ0v) is 24.7. The molecule has 4 aromatic heterocycles. The standard InChI is InChI=1S/C32H29N3O7S/c1-4-39-32(38)26-20-11-9-17(2)15-25(20)43-30(26)35-29(36)18(3)42-31(37)19-10-12-21-22(16-19)34-28(24-8-6-14-41-24)27(33-21)23-7-5-13-40-23/h5-8,10,12-14,16-18H,4,9,11,15H2,1-3H3,(H,35,36). The van der Waals surface area contributed by atoms with E-state index in [4.69, 9.17) is 28.3 Å². The molecule has 1 aromatic carbocycles. The van der Waals surface area contributed by atoms with Crippen LogP contribution in [0.1, 0.15) is 58.3 Å². The summed E-state index contributed by atoms with van der Waals surface area (Å²) in [6.07, 6.45) is 4.49. The van der Waals surface area contributed by atoms with Gasteiger partial charge in [0.05, 0.1) is 41.3 Å². The molecule has 43 heavy (non-hydrogen) atoms. The highest BCUT2D eigenvalue weighted by Gasteiger charge is 2.30. The van der Waals surface area contributed by atoms with Crippen LogP contribution >= 0.6 is 11.3 Å². The van der Waals surface area contributed by atoms with Crippen molar-refractivity contribution >= 4 is 45.2 Å². The summed E-state index contributed by atoms with van der Waals surface area (Å²) < 4.78 is 21.9. The Balaban J connectivity index is 1.22. The molecule has 2 atom stereocenters. The van der Waals surface area contributed by atoms with E-state index >= 15 is 0 Å². The lowest BCUT2D eigenvalue weighted by Crippen LogP contribution is -2.30. The highest BCUT2D eigenvalue weighted by atomic mass is 32.1. The number of esters is 2. The van der Waals surface area contributed by atoms with Crippen molar-refractivity contribution in [2.75, 3.05) is 11.9 Å². The van der Waals surface area contributed by atoms with E-state index in [1.807, 2.05) is 0 Å². The lowest BCUT2D eigenvalue weighted by Gasteiger charge is -2.18. The van der Waals surface area contributed by atoms with Gasteiger partial charge in [-0.15, -0.1) is 11.3 Å². The first kappa shape index (κ1) is 28.4. The molecule has 1 aliphatic rings. The molecule has 11 heteroatoms. The summed E-state index contributed by atoms with van der Waals surface area (Å²) in [7, 11) is 0. The molecule has 0 radical (unpaired) electrons. The highest BCUT2D eigenvalue weighted by Crippen LogP contribution is 2.40. The first-order valence-electron chi connectivity index (χ1n) is 14.1. The molecule has 0 saturated heterocycles. The number of carbonyl (C=O) groups is 3. The van der Waals surface area contributed by atoms with E-state index in [2.05, 4.69) is 12.2 Å². The Bertz CT molecular complexity index is 1810. The van der Waals surface area contributed by atoms with Gasteiger partial charge in [0, 0.05) is 4.88 Å². The van der Waals surface area contributed by atoms with Crippen molar-refractivity contribution < 1.29 is 32.7 Å². The van der Waals surface area contributed by atoms with Crippen molar-refractivity contribution in [1.82, 2.24) is 9.97 Å². The van der Waals surface area contributed by atoms with Crippen LogP contribution in [0.2, 0.25) is 0 Å². The first-order chi connectivity index (χ1) is 20.8. The Morgan fingerprint density at radius 1 is 1.02 bits per heavy atom. The van der Waals surface area contributed by atoms with Gasteiger partial charge in [-0.1, -0.05) is 6.92 Å². The molecular formula is C32H29N3O7S. The number of ether oxygens (including phenoxy) is 2. The van der Waals surface area contributed by atoms with Crippen molar-refractivity contribution in [3.05, 3.63) is 76.6 Å². The number of benzene rings is 1. The van der Waals surface area contributed by atoms with Crippen LogP contribution in [-0.2, 0) is 27.1 Å². The summed E-state index contributed by atoms with van der Waals surface area (Å²) in [6.45, 7) is 5.62. The maximum Gasteiger partial charge on any atom is 0.341 e. The van der Waals surface area contributed by atoms with Gasteiger partial charge >= 0.3 is 11.9 Å². The molecule has 1 N–H and O–H groups in total. The minimum atomic E-state index is -1.14. The molecule has 5 aromatic rings. The van der Waals surface area contributed by atoms with E-state index in [9.17, 15) is 14.4 Å². The number of aromatic nitrogens is 2. The SMILES string of the molecule is CCOC(=O)c1c(NC(=O)C(C)OC(=O)c2ccc3nc(-c4ccco4)c(-c4ccco4)nc3c2)sc2c1CCC(C)C2. The number of nitrogens with one attached hydrogen (secondary N) is 1. The van der Waals surface area contributed by atoms with Gasteiger partial charge in [0.25, 0.3) is 5.91 Å². The van der Waals surface area contributed by atoms with E-state index < -0.39 is 23.9 Å². The number of anilines is 1. The zero-order chi connectivity index (χ0) is 30.1. The van der Waals surface area contributed by atoms with Crippen molar-refractivity contribution in [3.63, 3.8) is 0 Å². The van der Waals surface area contributed by atoms with E-state index in [1.165, 1.54) is 24.5 Å². The summed E-state index contributed by atoms with van der Waals surface area (Å²) in [4.78, 5) is 49.6. The Hall–Kier alpha value is -4.77. The molecule has 10 nitrogen and oxygen atoms in total. The third kappa shape index (κ3) is 5.68. The molecule has 1 aliphatic carbocycles. The van der Waals surface area contributed by atoms with Crippen LogP contribution in [0.3, 0.4) is 0 Å². The van der Waals surface area contributed by atoms with E-state index in [0.29, 0.717) is 50.4 Å². The quantitative estimate of drug-likeness (QED) is 0.193. The van der Waals surface area contributed by atoms with Gasteiger partial charge in [-0.05, 0) is 87.1 Å². The number of hydrogen-bond acceptors (Lipinski definition) is 10. The normalized spacial score (nSPS) is 15.1. The molecule has 0 saturated carbocycles. The van der Waals surface area contributed by atoms with E-state index in [0.717, 1.165) is 29.7 Å².